The van der Waals surface area contributed by atoms with Crippen LogP contribution in [0.5, 0.6) is 5.75 Å². The number of amides is 1. The number of nitrogens with one attached hydrogen (secondary N) is 1. The molecule has 0 radical (unpaired) electrons. The molecule has 3 rings (SSSR count). The zero-order valence-electron chi connectivity index (χ0n) is 15.0. The molecule has 1 aromatic heterocycles. The Kier molecular flexibility index (Phi) is 6.21. The fraction of sp³-hybridized carbons (Fsp3) is 0.0500. The Hall–Kier alpha value is -3.29. The highest BCUT2D eigenvalue weighted by atomic mass is 35.5. The van der Waals surface area contributed by atoms with Crippen molar-refractivity contribution in [2.24, 2.45) is 0 Å². The molecule has 3 aromatic rings. The molecule has 9 heteroatoms. The molecule has 0 saturated heterocycles. The van der Waals surface area contributed by atoms with Crippen LogP contribution in [0.15, 0.2) is 59.0 Å². The number of nitrogens with zero attached hydrogens (tertiary/aromatic N) is 1. The SMILES string of the molecule is COc1ccc([N+](=O)[O-])cc1NC(=O)/C=C/c1ccc(-c2ccc(Cl)cc2Cl)o1. The Morgan fingerprint density at radius 1 is 1.17 bits per heavy atom. The molecule has 0 unspecified atom stereocenters. The van der Waals surface area contributed by atoms with E-state index < -0.39 is 10.8 Å². The number of non-ortho nitro benzene ring substituents is 1. The molecule has 0 spiro atoms. The molecular formula is C20H14Cl2N2O5. The lowest BCUT2D eigenvalue weighted by Gasteiger charge is -2.08. The summed E-state index contributed by atoms with van der Waals surface area (Å²) >= 11 is 12.1. The number of ether oxygens (including phenoxy) is 1. The van der Waals surface area contributed by atoms with E-state index in [-0.39, 0.29) is 11.4 Å². The van der Waals surface area contributed by atoms with E-state index in [0.717, 1.165) is 0 Å². The number of anilines is 1. The summed E-state index contributed by atoms with van der Waals surface area (Å²) in [7, 11) is 1.40. The maximum atomic E-state index is 12.2. The van der Waals surface area contributed by atoms with Crippen LogP contribution in [0.1, 0.15) is 5.76 Å². The van der Waals surface area contributed by atoms with Crippen LogP contribution in [0.25, 0.3) is 17.4 Å². The molecule has 29 heavy (non-hydrogen) atoms. The van der Waals surface area contributed by atoms with Gasteiger partial charge >= 0.3 is 0 Å². The van der Waals surface area contributed by atoms with Gasteiger partial charge in [-0.1, -0.05) is 23.2 Å². The number of nitro groups is 1. The average molecular weight is 433 g/mol. The number of hydrogen-bond donors (Lipinski definition) is 1. The van der Waals surface area contributed by atoms with Crippen LogP contribution in [0, 0.1) is 10.1 Å². The number of furan rings is 1. The minimum Gasteiger partial charge on any atom is -0.495 e. The van der Waals surface area contributed by atoms with Gasteiger partial charge in [0.05, 0.1) is 22.7 Å². The highest BCUT2D eigenvalue weighted by molar-refractivity contribution is 6.36. The van der Waals surface area contributed by atoms with Gasteiger partial charge in [-0.2, -0.15) is 0 Å². The zero-order valence-corrected chi connectivity index (χ0v) is 16.5. The van der Waals surface area contributed by atoms with E-state index in [1.807, 2.05) is 0 Å². The van der Waals surface area contributed by atoms with Crippen LogP contribution in [0.3, 0.4) is 0 Å². The van der Waals surface area contributed by atoms with Gasteiger partial charge in [0.1, 0.15) is 17.3 Å². The van der Waals surface area contributed by atoms with Gasteiger partial charge in [-0.05, 0) is 42.5 Å². The van der Waals surface area contributed by atoms with Gasteiger partial charge in [0, 0.05) is 28.8 Å². The van der Waals surface area contributed by atoms with Crippen LogP contribution in [0.4, 0.5) is 11.4 Å². The van der Waals surface area contributed by atoms with Crippen LogP contribution >= 0.6 is 23.2 Å². The number of carbonyl (C=O) groups is 1. The van der Waals surface area contributed by atoms with Gasteiger partial charge in [-0.15, -0.1) is 0 Å². The minimum atomic E-state index is -0.558. The van der Waals surface area contributed by atoms with Crippen LogP contribution in [-0.4, -0.2) is 17.9 Å². The van der Waals surface area contributed by atoms with Crippen LogP contribution < -0.4 is 10.1 Å². The first-order chi connectivity index (χ1) is 13.9. The molecule has 1 amide bonds. The molecule has 0 fully saturated rings. The summed E-state index contributed by atoms with van der Waals surface area (Å²) in [6.45, 7) is 0. The maximum absolute atomic E-state index is 12.2. The summed E-state index contributed by atoms with van der Waals surface area (Å²) < 4.78 is 10.8. The monoisotopic (exact) mass is 432 g/mol. The molecule has 0 bridgehead atoms. The number of halogens is 2. The van der Waals surface area contributed by atoms with Gasteiger partial charge in [0.25, 0.3) is 5.69 Å². The third kappa shape index (κ3) is 4.96. The van der Waals surface area contributed by atoms with Crippen molar-refractivity contribution in [3.8, 4) is 17.1 Å². The lowest BCUT2D eigenvalue weighted by molar-refractivity contribution is -0.384. The second kappa shape index (κ2) is 8.81. The van der Waals surface area contributed by atoms with Crippen molar-refractivity contribution in [2.75, 3.05) is 12.4 Å². The number of nitro benzene ring substituents is 1. The molecule has 0 aliphatic rings. The van der Waals surface area contributed by atoms with Crippen molar-refractivity contribution >= 4 is 46.6 Å². The fourth-order valence-electron chi connectivity index (χ4n) is 2.52. The lowest BCUT2D eigenvalue weighted by atomic mass is 10.2. The van der Waals surface area contributed by atoms with Gasteiger partial charge in [0.2, 0.25) is 5.91 Å². The van der Waals surface area contributed by atoms with Crippen molar-refractivity contribution in [3.05, 3.63) is 80.5 Å². The molecule has 1 heterocycles. The first kappa shape index (κ1) is 20.4. The fourth-order valence-corrected chi connectivity index (χ4v) is 3.02. The molecule has 0 saturated carbocycles. The molecule has 2 aromatic carbocycles. The standard InChI is InChI=1S/C20H14Cl2N2O5/c1-28-19-7-3-13(24(26)27)11-17(19)23-20(25)9-5-14-4-8-18(29-14)15-6-2-12(21)10-16(15)22/h2-11H,1H3,(H,23,25)/b9-5+. The van der Waals surface area contributed by atoms with Crippen LogP contribution in [0.2, 0.25) is 10.0 Å². The summed E-state index contributed by atoms with van der Waals surface area (Å²) in [6, 6.07) is 12.4. The topological polar surface area (TPSA) is 94.6 Å². The normalized spacial score (nSPS) is 10.9. The van der Waals surface area contributed by atoms with Crippen molar-refractivity contribution in [1.29, 1.82) is 0 Å². The molecule has 7 nitrogen and oxygen atoms in total. The Balaban J connectivity index is 1.74. The first-order valence-corrected chi connectivity index (χ1v) is 8.99. The molecule has 148 valence electrons. The Morgan fingerprint density at radius 3 is 2.66 bits per heavy atom. The quantitative estimate of drug-likeness (QED) is 0.300. The maximum Gasteiger partial charge on any atom is 0.271 e. The molecule has 0 aliphatic heterocycles. The highest BCUT2D eigenvalue weighted by Gasteiger charge is 2.13. The van der Waals surface area contributed by atoms with Gasteiger partial charge in [0.15, 0.2) is 0 Å². The first-order valence-electron chi connectivity index (χ1n) is 8.24. The number of rotatable bonds is 6. The molecule has 1 N–H and O–H groups in total. The van der Waals surface area contributed by atoms with Crippen molar-refractivity contribution < 1.29 is 18.9 Å². The predicted molar refractivity (Wildman–Crippen MR) is 111 cm³/mol. The molecular weight excluding hydrogens is 419 g/mol. The summed E-state index contributed by atoms with van der Waals surface area (Å²) in [4.78, 5) is 22.6. The van der Waals surface area contributed by atoms with E-state index in [0.29, 0.717) is 32.9 Å². The second-order valence-electron chi connectivity index (χ2n) is 5.79. The summed E-state index contributed by atoms with van der Waals surface area (Å²) in [5.74, 6) is 0.737. The minimum absolute atomic E-state index is 0.166. The Morgan fingerprint density at radius 2 is 1.97 bits per heavy atom. The van der Waals surface area contributed by atoms with Crippen molar-refractivity contribution in [2.45, 2.75) is 0 Å². The van der Waals surface area contributed by atoms with Gasteiger partial charge < -0.3 is 14.5 Å². The Labute approximate surface area is 175 Å². The number of hydrogen-bond acceptors (Lipinski definition) is 5. The third-order valence-corrected chi connectivity index (χ3v) is 4.42. The zero-order chi connectivity index (χ0) is 21.0. The Bertz CT molecular complexity index is 1110. The molecule has 0 atom stereocenters. The van der Waals surface area contributed by atoms with E-state index >= 15 is 0 Å². The summed E-state index contributed by atoms with van der Waals surface area (Å²) in [6.07, 6.45) is 2.71. The van der Waals surface area contributed by atoms with E-state index in [1.54, 1.807) is 30.3 Å². The van der Waals surface area contributed by atoms with Gasteiger partial charge in [-0.25, -0.2) is 0 Å². The number of carbonyl (C=O) groups excluding carboxylic acids is 1. The summed E-state index contributed by atoms with van der Waals surface area (Å²) in [5, 5.41) is 14.4. The predicted octanol–water partition coefficient (Wildman–Crippen LogP) is 5.82. The average Bonchev–Trinajstić information content (AvgIpc) is 3.15. The smallest absolute Gasteiger partial charge is 0.271 e. The van der Waals surface area contributed by atoms with E-state index in [2.05, 4.69) is 5.32 Å². The van der Waals surface area contributed by atoms with E-state index in [9.17, 15) is 14.9 Å². The second-order valence-corrected chi connectivity index (χ2v) is 6.63. The highest BCUT2D eigenvalue weighted by Crippen LogP contribution is 2.32. The van der Waals surface area contributed by atoms with E-state index in [4.69, 9.17) is 32.4 Å². The summed E-state index contributed by atoms with van der Waals surface area (Å²) in [5.41, 5.74) is 0.687. The van der Waals surface area contributed by atoms with Crippen molar-refractivity contribution in [1.82, 2.24) is 0 Å². The molecule has 0 aliphatic carbocycles. The number of benzene rings is 2. The van der Waals surface area contributed by atoms with Crippen molar-refractivity contribution in [3.63, 3.8) is 0 Å². The number of methoxy groups -OCH3 is 1. The van der Waals surface area contributed by atoms with E-state index in [1.165, 1.54) is 37.5 Å². The lowest BCUT2D eigenvalue weighted by Crippen LogP contribution is -2.09. The van der Waals surface area contributed by atoms with Crippen LogP contribution in [-0.2, 0) is 4.79 Å². The third-order valence-electron chi connectivity index (χ3n) is 3.87. The van der Waals surface area contributed by atoms with Gasteiger partial charge in [-0.3, -0.25) is 14.9 Å². The largest absolute Gasteiger partial charge is 0.495 e.